The van der Waals surface area contributed by atoms with E-state index in [1.54, 1.807) is 6.92 Å². The first-order valence-electron chi connectivity index (χ1n) is 4.62. The highest BCUT2D eigenvalue weighted by Crippen LogP contribution is 2.56. The minimum atomic E-state index is -1.22. The standard InChI is InChI=1S/C9H15ClO3/c1-4-8(5-2)9(10,13-8)7(11)12-6-3/h4-6H2,1-3H3. The molecule has 0 bridgehead atoms. The van der Waals surface area contributed by atoms with E-state index >= 15 is 0 Å². The average molecular weight is 207 g/mol. The van der Waals surface area contributed by atoms with Crippen molar-refractivity contribution >= 4 is 17.6 Å². The molecule has 4 heteroatoms. The summed E-state index contributed by atoms with van der Waals surface area (Å²) in [6.45, 7) is 5.99. The molecule has 0 saturated carbocycles. The molecule has 0 amide bonds. The van der Waals surface area contributed by atoms with Crippen LogP contribution in [0.25, 0.3) is 0 Å². The van der Waals surface area contributed by atoms with E-state index < -0.39 is 16.6 Å². The molecule has 1 rings (SSSR count). The molecule has 0 aromatic heterocycles. The lowest BCUT2D eigenvalue weighted by Crippen LogP contribution is -2.30. The molecule has 1 fully saturated rings. The van der Waals surface area contributed by atoms with Gasteiger partial charge in [0.05, 0.1) is 6.61 Å². The number of hydrogen-bond acceptors (Lipinski definition) is 3. The Hall–Kier alpha value is -0.280. The molecule has 0 radical (unpaired) electrons. The molecule has 0 spiro atoms. The van der Waals surface area contributed by atoms with E-state index in [-0.39, 0.29) is 0 Å². The summed E-state index contributed by atoms with van der Waals surface area (Å²) in [5.41, 5.74) is -0.499. The van der Waals surface area contributed by atoms with E-state index in [9.17, 15) is 4.79 Å². The molecule has 3 nitrogen and oxygen atoms in total. The topological polar surface area (TPSA) is 38.8 Å². The van der Waals surface area contributed by atoms with Gasteiger partial charge in [-0.25, -0.2) is 4.79 Å². The van der Waals surface area contributed by atoms with Gasteiger partial charge < -0.3 is 9.47 Å². The second kappa shape index (κ2) is 3.46. The van der Waals surface area contributed by atoms with Crippen LogP contribution in [0.1, 0.15) is 33.6 Å². The SMILES string of the molecule is CCOC(=O)C1(Cl)OC1(CC)CC. The number of hydrogen-bond donors (Lipinski definition) is 0. The van der Waals surface area contributed by atoms with Gasteiger partial charge in [-0.2, -0.15) is 0 Å². The lowest BCUT2D eigenvalue weighted by molar-refractivity contribution is -0.146. The van der Waals surface area contributed by atoms with Crippen LogP contribution in [0.3, 0.4) is 0 Å². The molecule has 1 aliphatic heterocycles. The molecule has 76 valence electrons. The number of epoxide rings is 1. The third-order valence-electron chi connectivity index (χ3n) is 2.56. The Morgan fingerprint density at radius 2 is 1.92 bits per heavy atom. The van der Waals surface area contributed by atoms with Gasteiger partial charge in [-0.05, 0) is 19.8 Å². The van der Waals surface area contributed by atoms with Crippen molar-refractivity contribution in [3.63, 3.8) is 0 Å². The van der Waals surface area contributed by atoms with Crippen LogP contribution in [-0.4, -0.2) is 23.2 Å². The minimum Gasteiger partial charge on any atom is -0.463 e. The monoisotopic (exact) mass is 206 g/mol. The van der Waals surface area contributed by atoms with Crippen molar-refractivity contribution in [2.24, 2.45) is 0 Å². The van der Waals surface area contributed by atoms with E-state index in [0.717, 1.165) is 12.8 Å². The minimum absolute atomic E-state index is 0.334. The van der Waals surface area contributed by atoms with Gasteiger partial charge in [-0.1, -0.05) is 25.4 Å². The van der Waals surface area contributed by atoms with Crippen LogP contribution in [0.4, 0.5) is 0 Å². The van der Waals surface area contributed by atoms with E-state index in [1.165, 1.54) is 0 Å². The molecule has 1 aliphatic rings. The first-order chi connectivity index (χ1) is 6.06. The van der Waals surface area contributed by atoms with Crippen molar-refractivity contribution in [2.75, 3.05) is 6.61 Å². The number of rotatable bonds is 4. The summed E-state index contributed by atoms with van der Waals surface area (Å²) in [7, 11) is 0. The molecule has 0 aromatic carbocycles. The number of ether oxygens (including phenoxy) is 2. The van der Waals surface area contributed by atoms with Gasteiger partial charge in [0.15, 0.2) is 0 Å². The number of halogens is 1. The fourth-order valence-corrected chi connectivity index (χ4v) is 2.01. The van der Waals surface area contributed by atoms with Gasteiger partial charge in [0.25, 0.3) is 5.06 Å². The Labute approximate surface area is 83.3 Å². The normalized spacial score (nSPS) is 29.8. The molecule has 1 unspecified atom stereocenters. The summed E-state index contributed by atoms with van der Waals surface area (Å²) < 4.78 is 10.1. The van der Waals surface area contributed by atoms with Gasteiger partial charge >= 0.3 is 5.97 Å². The Balaban J connectivity index is 2.66. The predicted molar refractivity (Wildman–Crippen MR) is 49.6 cm³/mol. The summed E-state index contributed by atoms with van der Waals surface area (Å²) in [4.78, 5) is 11.4. The van der Waals surface area contributed by atoms with Crippen LogP contribution in [0.15, 0.2) is 0 Å². The predicted octanol–water partition coefficient (Wildman–Crippen LogP) is 2.07. The molecular formula is C9H15ClO3. The first kappa shape index (κ1) is 10.8. The summed E-state index contributed by atoms with van der Waals surface area (Å²) in [5.74, 6) is -0.458. The van der Waals surface area contributed by atoms with Crippen LogP contribution >= 0.6 is 11.6 Å². The lowest BCUT2D eigenvalue weighted by atomic mass is 9.99. The highest BCUT2D eigenvalue weighted by molar-refractivity contribution is 6.35. The maximum Gasteiger partial charge on any atom is 0.357 e. The van der Waals surface area contributed by atoms with Crippen molar-refractivity contribution in [3.8, 4) is 0 Å². The zero-order valence-corrected chi connectivity index (χ0v) is 8.98. The molecular weight excluding hydrogens is 192 g/mol. The third-order valence-corrected chi connectivity index (χ3v) is 3.14. The second-order valence-electron chi connectivity index (χ2n) is 3.12. The maximum atomic E-state index is 11.4. The van der Waals surface area contributed by atoms with E-state index in [2.05, 4.69) is 0 Å². The Bertz CT molecular complexity index is 213. The highest BCUT2D eigenvalue weighted by atomic mass is 35.5. The number of carbonyl (C=O) groups excluding carboxylic acids is 1. The van der Waals surface area contributed by atoms with Gasteiger partial charge in [-0.3, -0.25) is 0 Å². The van der Waals surface area contributed by atoms with Gasteiger partial charge in [0.2, 0.25) is 0 Å². The van der Waals surface area contributed by atoms with Gasteiger partial charge in [0, 0.05) is 0 Å². The fourth-order valence-electron chi connectivity index (χ4n) is 1.54. The molecule has 0 aromatic rings. The highest BCUT2D eigenvalue weighted by Gasteiger charge is 2.73. The molecule has 1 atom stereocenters. The van der Waals surface area contributed by atoms with E-state index in [4.69, 9.17) is 21.1 Å². The average Bonchev–Trinajstić information content (AvgIpc) is 2.75. The van der Waals surface area contributed by atoms with Gasteiger partial charge in [0.1, 0.15) is 5.60 Å². The quantitative estimate of drug-likeness (QED) is 0.402. The number of esters is 1. The van der Waals surface area contributed by atoms with Crippen LogP contribution in [-0.2, 0) is 14.3 Å². The van der Waals surface area contributed by atoms with Crippen molar-refractivity contribution in [1.29, 1.82) is 0 Å². The summed E-state index contributed by atoms with van der Waals surface area (Å²) in [5, 5.41) is -1.22. The Kier molecular flexibility index (Phi) is 2.88. The zero-order valence-electron chi connectivity index (χ0n) is 8.22. The van der Waals surface area contributed by atoms with E-state index in [0.29, 0.717) is 6.61 Å². The molecule has 1 saturated heterocycles. The largest absolute Gasteiger partial charge is 0.463 e. The summed E-state index contributed by atoms with van der Waals surface area (Å²) >= 11 is 6.00. The molecule has 0 N–H and O–H groups in total. The van der Waals surface area contributed by atoms with Gasteiger partial charge in [-0.15, -0.1) is 0 Å². The van der Waals surface area contributed by atoms with E-state index in [1.807, 2.05) is 13.8 Å². The Morgan fingerprint density at radius 3 is 2.23 bits per heavy atom. The smallest absolute Gasteiger partial charge is 0.357 e. The van der Waals surface area contributed by atoms with Crippen LogP contribution in [0, 0.1) is 0 Å². The summed E-state index contributed by atoms with van der Waals surface area (Å²) in [6, 6.07) is 0. The molecule has 1 heterocycles. The molecule has 13 heavy (non-hydrogen) atoms. The second-order valence-corrected chi connectivity index (χ2v) is 3.65. The Morgan fingerprint density at radius 1 is 1.38 bits per heavy atom. The summed E-state index contributed by atoms with van der Waals surface area (Å²) in [6.07, 6.45) is 1.46. The zero-order chi connectivity index (χ0) is 10.1. The first-order valence-corrected chi connectivity index (χ1v) is 5.00. The van der Waals surface area contributed by atoms with Crippen LogP contribution in [0.5, 0.6) is 0 Å². The van der Waals surface area contributed by atoms with Crippen molar-refractivity contribution in [2.45, 2.75) is 44.3 Å². The van der Waals surface area contributed by atoms with Crippen molar-refractivity contribution in [3.05, 3.63) is 0 Å². The van der Waals surface area contributed by atoms with Crippen molar-refractivity contribution < 1.29 is 14.3 Å². The van der Waals surface area contributed by atoms with Crippen molar-refractivity contribution in [1.82, 2.24) is 0 Å². The third kappa shape index (κ3) is 1.44. The fraction of sp³-hybridized carbons (Fsp3) is 0.889. The lowest BCUT2D eigenvalue weighted by Gasteiger charge is -2.09. The maximum absolute atomic E-state index is 11.4. The van der Waals surface area contributed by atoms with Crippen LogP contribution in [0.2, 0.25) is 0 Å². The number of alkyl halides is 1. The number of carbonyl (C=O) groups is 1. The van der Waals surface area contributed by atoms with Crippen LogP contribution < -0.4 is 0 Å². The molecule has 0 aliphatic carbocycles.